The standard InChI is InChI=1S/C21H24F3N7O3S/c1-3-29-12-17(13(2)26-29)35(33,34)30-8-6-28(7-9-30)20(32)16-11-19-25-15(14-4-5-14)10-18(21(22,23)24)31(19)27-16/h10-12,14H,3-9H2,1-2H3. The number of rotatable bonds is 5. The maximum absolute atomic E-state index is 13.6. The molecule has 0 spiro atoms. The number of aryl methyl sites for hydroxylation is 2. The quantitative estimate of drug-likeness (QED) is 0.521. The first kappa shape index (κ1) is 23.7. The summed E-state index contributed by atoms with van der Waals surface area (Å²) in [5.41, 5.74) is -0.415. The highest BCUT2D eigenvalue weighted by Crippen LogP contribution is 2.41. The number of fused-ring (bicyclic) bond motifs is 1. The van der Waals surface area contributed by atoms with Crippen molar-refractivity contribution >= 4 is 21.6 Å². The van der Waals surface area contributed by atoms with Gasteiger partial charge < -0.3 is 4.90 Å². The Balaban J connectivity index is 1.35. The molecular formula is C21H24F3N7O3S. The molecule has 0 atom stereocenters. The van der Waals surface area contributed by atoms with Gasteiger partial charge in [0.2, 0.25) is 10.0 Å². The summed E-state index contributed by atoms with van der Waals surface area (Å²) in [5, 5.41) is 8.10. The Labute approximate surface area is 199 Å². The van der Waals surface area contributed by atoms with Crippen molar-refractivity contribution < 1.29 is 26.4 Å². The van der Waals surface area contributed by atoms with Gasteiger partial charge in [-0.2, -0.15) is 27.7 Å². The Morgan fingerprint density at radius 2 is 1.80 bits per heavy atom. The third-order valence-electron chi connectivity index (χ3n) is 6.32. The minimum Gasteiger partial charge on any atom is -0.335 e. The first-order chi connectivity index (χ1) is 16.5. The molecule has 5 rings (SSSR count). The lowest BCUT2D eigenvalue weighted by atomic mass is 10.2. The fourth-order valence-electron chi connectivity index (χ4n) is 4.24. The Morgan fingerprint density at radius 1 is 1.11 bits per heavy atom. The van der Waals surface area contributed by atoms with E-state index in [-0.39, 0.29) is 48.3 Å². The number of aromatic nitrogens is 5. The van der Waals surface area contributed by atoms with Crippen LogP contribution in [0.25, 0.3) is 5.65 Å². The van der Waals surface area contributed by atoms with Gasteiger partial charge in [0.15, 0.2) is 11.3 Å². The third-order valence-corrected chi connectivity index (χ3v) is 8.32. The van der Waals surface area contributed by atoms with E-state index in [1.165, 1.54) is 21.5 Å². The molecule has 1 saturated carbocycles. The van der Waals surface area contributed by atoms with Gasteiger partial charge in [0.05, 0.1) is 5.69 Å². The van der Waals surface area contributed by atoms with E-state index in [0.29, 0.717) is 22.4 Å². The monoisotopic (exact) mass is 511 g/mol. The number of piperazine rings is 1. The van der Waals surface area contributed by atoms with E-state index in [9.17, 15) is 26.4 Å². The summed E-state index contributed by atoms with van der Waals surface area (Å²) in [4.78, 5) is 18.8. The van der Waals surface area contributed by atoms with Crippen LogP contribution in [0.4, 0.5) is 13.2 Å². The van der Waals surface area contributed by atoms with Crippen molar-refractivity contribution in [3.05, 3.63) is 41.1 Å². The topological polar surface area (TPSA) is 106 Å². The predicted octanol–water partition coefficient (Wildman–Crippen LogP) is 2.30. The Morgan fingerprint density at radius 3 is 2.37 bits per heavy atom. The normalized spacial score (nSPS) is 17.9. The predicted molar refractivity (Wildman–Crippen MR) is 117 cm³/mol. The Bertz CT molecular complexity index is 1400. The molecule has 0 radical (unpaired) electrons. The molecule has 0 bridgehead atoms. The Kier molecular flexibility index (Phi) is 5.62. The zero-order valence-electron chi connectivity index (χ0n) is 19.2. The van der Waals surface area contributed by atoms with Gasteiger partial charge in [0.1, 0.15) is 10.6 Å². The first-order valence-corrected chi connectivity index (χ1v) is 12.7. The molecule has 2 aliphatic rings. The fourth-order valence-corrected chi connectivity index (χ4v) is 5.83. The summed E-state index contributed by atoms with van der Waals surface area (Å²) in [6.07, 6.45) is -1.60. The zero-order valence-corrected chi connectivity index (χ0v) is 20.0. The highest BCUT2D eigenvalue weighted by Gasteiger charge is 2.38. The number of carbonyl (C=O) groups is 1. The van der Waals surface area contributed by atoms with E-state index in [1.807, 2.05) is 6.92 Å². The number of hydrogen-bond donors (Lipinski definition) is 0. The molecule has 1 amide bonds. The number of sulfonamides is 1. The smallest absolute Gasteiger partial charge is 0.335 e. The van der Waals surface area contributed by atoms with Gasteiger partial charge in [-0.1, -0.05) is 0 Å². The van der Waals surface area contributed by atoms with Crippen molar-refractivity contribution in [2.45, 2.75) is 50.2 Å². The second-order valence-electron chi connectivity index (χ2n) is 8.77. The van der Waals surface area contributed by atoms with Gasteiger partial charge in [-0.15, -0.1) is 0 Å². The molecule has 3 aromatic rings. The summed E-state index contributed by atoms with van der Waals surface area (Å²) >= 11 is 0. The molecule has 0 unspecified atom stereocenters. The fraction of sp³-hybridized carbons (Fsp3) is 0.524. The van der Waals surface area contributed by atoms with Gasteiger partial charge in [0.25, 0.3) is 5.91 Å². The van der Waals surface area contributed by atoms with Crippen molar-refractivity contribution in [2.75, 3.05) is 26.2 Å². The SMILES string of the molecule is CCn1cc(S(=O)(=O)N2CCN(C(=O)c3cc4nc(C5CC5)cc(C(F)(F)F)n4n3)CC2)c(C)n1. The van der Waals surface area contributed by atoms with E-state index < -0.39 is 27.8 Å². The van der Waals surface area contributed by atoms with Crippen molar-refractivity contribution in [1.29, 1.82) is 0 Å². The lowest BCUT2D eigenvalue weighted by Gasteiger charge is -2.33. The average Bonchev–Trinajstić information content (AvgIpc) is 3.46. The van der Waals surface area contributed by atoms with Gasteiger partial charge in [-0.05, 0) is 32.8 Å². The molecule has 14 heteroatoms. The molecule has 3 aromatic heterocycles. The lowest BCUT2D eigenvalue weighted by molar-refractivity contribution is -0.142. The maximum Gasteiger partial charge on any atom is 0.433 e. The molecule has 1 aliphatic carbocycles. The third kappa shape index (κ3) is 4.29. The average molecular weight is 512 g/mol. The maximum atomic E-state index is 13.6. The van der Waals surface area contributed by atoms with Gasteiger partial charge >= 0.3 is 6.18 Å². The Hall–Kier alpha value is -3.00. The summed E-state index contributed by atoms with van der Waals surface area (Å²) in [5.74, 6) is -0.568. The second-order valence-corrected chi connectivity index (χ2v) is 10.7. The van der Waals surface area contributed by atoms with Gasteiger partial charge in [-0.25, -0.2) is 17.9 Å². The van der Waals surface area contributed by atoms with Crippen LogP contribution in [-0.2, 0) is 22.7 Å². The molecule has 1 aliphatic heterocycles. The highest BCUT2D eigenvalue weighted by atomic mass is 32.2. The zero-order chi connectivity index (χ0) is 25.1. The summed E-state index contributed by atoms with van der Waals surface area (Å²) < 4.78 is 70.5. The van der Waals surface area contributed by atoms with Crippen molar-refractivity contribution in [3.63, 3.8) is 0 Å². The van der Waals surface area contributed by atoms with E-state index in [1.54, 1.807) is 11.6 Å². The van der Waals surface area contributed by atoms with Crippen LogP contribution in [0.1, 0.15) is 53.3 Å². The molecule has 35 heavy (non-hydrogen) atoms. The van der Waals surface area contributed by atoms with Crippen LogP contribution >= 0.6 is 0 Å². The number of carbonyl (C=O) groups excluding carboxylic acids is 1. The molecule has 1 saturated heterocycles. The number of halogens is 3. The van der Waals surface area contributed by atoms with Gasteiger partial charge in [-0.3, -0.25) is 9.48 Å². The van der Waals surface area contributed by atoms with Crippen LogP contribution in [-0.4, -0.2) is 74.1 Å². The highest BCUT2D eigenvalue weighted by molar-refractivity contribution is 7.89. The van der Waals surface area contributed by atoms with E-state index in [4.69, 9.17) is 0 Å². The molecule has 10 nitrogen and oxygen atoms in total. The van der Waals surface area contributed by atoms with Crippen LogP contribution in [0, 0.1) is 6.92 Å². The summed E-state index contributed by atoms with van der Waals surface area (Å²) in [6.45, 7) is 4.28. The van der Waals surface area contributed by atoms with Crippen LogP contribution < -0.4 is 0 Å². The number of nitrogens with zero attached hydrogens (tertiary/aromatic N) is 7. The molecule has 2 fully saturated rings. The molecule has 0 aromatic carbocycles. The van der Waals surface area contributed by atoms with Crippen molar-refractivity contribution in [3.8, 4) is 0 Å². The second kappa shape index (κ2) is 8.29. The molecular weight excluding hydrogens is 487 g/mol. The largest absolute Gasteiger partial charge is 0.433 e. The number of hydrogen-bond acceptors (Lipinski definition) is 6. The van der Waals surface area contributed by atoms with E-state index >= 15 is 0 Å². The van der Waals surface area contributed by atoms with Crippen LogP contribution in [0.2, 0.25) is 0 Å². The lowest BCUT2D eigenvalue weighted by Crippen LogP contribution is -2.50. The number of amides is 1. The van der Waals surface area contributed by atoms with Crippen LogP contribution in [0.3, 0.4) is 0 Å². The van der Waals surface area contributed by atoms with Crippen molar-refractivity contribution in [1.82, 2.24) is 33.6 Å². The van der Waals surface area contributed by atoms with E-state index in [0.717, 1.165) is 18.9 Å². The summed E-state index contributed by atoms with van der Waals surface area (Å²) in [6, 6.07) is 2.26. The van der Waals surface area contributed by atoms with Crippen molar-refractivity contribution in [2.24, 2.45) is 0 Å². The van der Waals surface area contributed by atoms with Crippen LogP contribution in [0.5, 0.6) is 0 Å². The minimum atomic E-state index is -4.65. The van der Waals surface area contributed by atoms with E-state index in [2.05, 4.69) is 15.2 Å². The molecule has 4 heterocycles. The summed E-state index contributed by atoms with van der Waals surface area (Å²) in [7, 11) is -3.79. The molecule has 0 N–H and O–H groups in total. The van der Waals surface area contributed by atoms with Crippen LogP contribution in [0.15, 0.2) is 23.2 Å². The first-order valence-electron chi connectivity index (χ1n) is 11.3. The molecule has 188 valence electrons. The number of alkyl halides is 3. The minimum absolute atomic E-state index is 0.00162. The van der Waals surface area contributed by atoms with Gasteiger partial charge in [0, 0.05) is 56.6 Å².